The van der Waals surface area contributed by atoms with Crippen LogP contribution in [0.1, 0.15) is 37.3 Å². The van der Waals surface area contributed by atoms with Crippen LogP contribution in [0.25, 0.3) is 11.0 Å². The summed E-state index contributed by atoms with van der Waals surface area (Å²) < 4.78 is 7.96. The van der Waals surface area contributed by atoms with Crippen LogP contribution < -0.4 is 21.1 Å². The van der Waals surface area contributed by atoms with E-state index in [1.807, 2.05) is 6.07 Å². The molecule has 1 aromatic carbocycles. The molecule has 8 heteroatoms. The fourth-order valence-corrected chi connectivity index (χ4v) is 5.14. The highest BCUT2D eigenvalue weighted by Gasteiger charge is 2.47. The second-order valence-electron chi connectivity index (χ2n) is 9.64. The quantitative estimate of drug-likeness (QED) is 0.410. The maximum absolute atomic E-state index is 5.97. The molecule has 0 atom stereocenters. The third-order valence-electron chi connectivity index (χ3n) is 6.92. The molecule has 2 aromatic heterocycles. The van der Waals surface area contributed by atoms with Crippen molar-refractivity contribution in [3.05, 3.63) is 41.6 Å². The van der Waals surface area contributed by atoms with E-state index in [0.717, 1.165) is 47.7 Å². The predicted molar refractivity (Wildman–Crippen MR) is 133 cm³/mol. The number of nitrogens with one attached hydrogen (secondary N) is 2. The Kier molecular flexibility index (Phi) is 6.12. The highest BCUT2D eigenvalue weighted by atomic mass is 16.5. The van der Waals surface area contributed by atoms with Crippen molar-refractivity contribution in [1.82, 2.24) is 24.8 Å². The standard InChI is InChI=1S/C25H35N7O/c1-3-4-5-9-28-23-22-20(29-24(26)30-23)8-10-32(22)13-19-7-6-18(11-21(19)33-2)12-31-16-25(17-31)14-27-15-25/h6-8,10-11,27H,3-5,9,12-17H2,1-2H3,(H3,26,28,29,30). The van der Waals surface area contributed by atoms with Gasteiger partial charge in [0.05, 0.1) is 19.2 Å². The minimum Gasteiger partial charge on any atom is -0.496 e. The van der Waals surface area contributed by atoms with E-state index in [1.165, 1.54) is 44.6 Å². The Morgan fingerprint density at radius 2 is 2.00 bits per heavy atom. The fourth-order valence-electron chi connectivity index (χ4n) is 5.14. The van der Waals surface area contributed by atoms with Crippen molar-refractivity contribution in [2.24, 2.45) is 5.41 Å². The molecule has 0 unspecified atom stereocenters. The molecule has 176 valence electrons. The molecule has 0 radical (unpaired) electrons. The number of ether oxygens (including phenoxy) is 1. The van der Waals surface area contributed by atoms with E-state index in [1.54, 1.807) is 7.11 Å². The van der Waals surface area contributed by atoms with Gasteiger partial charge in [-0.2, -0.15) is 4.98 Å². The van der Waals surface area contributed by atoms with E-state index in [-0.39, 0.29) is 0 Å². The van der Waals surface area contributed by atoms with Gasteiger partial charge in [0.25, 0.3) is 0 Å². The number of benzene rings is 1. The first-order valence-corrected chi connectivity index (χ1v) is 12.0. The van der Waals surface area contributed by atoms with Crippen molar-refractivity contribution in [1.29, 1.82) is 0 Å². The monoisotopic (exact) mass is 449 g/mol. The normalized spacial score (nSPS) is 17.2. The molecule has 5 rings (SSSR count). The number of hydrogen-bond acceptors (Lipinski definition) is 7. The third-order valence-corrected chi connectivity index (χ3v) is 6.92. The topological polar surface area (TPSA) is 93.3 Å². The number of rotatable bonds is 10. The number of hydrogen-bond donors (Lipinski definition) is 3. The largest absolute Gasteiger partial charge is 0.496 e. The van der Waals surface area contributed by atoms with Crippen molar-refractivity contribution >= 4 is 22.8 Å². The van der Waals surface area contributed by atoms with Gasteiger partial charge in [-0.3, -0.25) is 4.90 Å². The number of unbranched alkanes of at least 4 members (excludes halogenated alkanes) is 2. The average molecular weight is 450 g/mol. The number of nitrogens with two attached hydrogens (primary N) is 1. The van der Waals surface area contributed by atoms with E-state index in [2.05, 4.69) is 61.4 Å². The molecule has 0 amide bonds. The molecule has 2 saturated heterocycles. The highest BCUT2D eigenvalue weighted by Crippen LogP contribution is 2.35. The predicted octanol–water partition coefficient (Wildman–Crippen LogP) is 3.08. The molecule has 0 saturated carbocycles. The number of nitrogens with zero attached hydrogens (tertiary/aromatic N) is 4. The summed E-state index contributed by atoms with van der Waals surface area (Å²) in [4.78, 5) is 11.5. The third kappa shape index (κ3) is 4.50. The molecular formula is C25H35N7O. The lowest BCUT2D eigenvalue weighted by molar-refractivity contribution is -0.0444. The molecule has 33 heavy (non-hydrogen) atoms. The average Bonchev–Trinajstić information content (AvgIpc) is 3.15. The Labute approximate surface area is 195 Å². The first-order valence-electron chi connectivity index (χ1n) is 12.0. The van der Waals surface area contributed by atoms with E-state index >= 15 is 0 Å². The number of fused-ring (bicyclic) bond motifs is 1. The van der Waals surface area contributed by atoms with Crippen LogP contribution in [0.4, 0.5) is 11.8 Å². The number of aromatic nitrogens is 3. The Hall–Kier alpha value is -2.84. The van der Waals surface area contributed by atoms with E-state index in [0.29, 0.717) is 17.9 Å². The molecule has 0 aliphatic carbocycles. The van der Waals surface area contributed by atoms with Crippen LogP contribution in [0, 0.1) is 5.41 Å². The Morgan fingerprint density at radius 1 is 1.15 bits per heavy atom. The first-order chi connectivity index (χ1) is 16.1. The van der Waals surface area contributed by atoms with Crippen molar-refractivity contribution in [2.45, 2.75) is 39.3 Å². The summed E-state index contributed by atoms with van der Waals surface area (Å²) in [5.41, 5.74) is 10.8. The van der Waals surface area contributed by atoms with E-state index in [4.69, 9.17) is 10.5 Å². The maximum Gasteiger partial charge on any atom is 0.222 e. The highest BCUT2D eigenvalue weighted by molar-refractivity contribution is 5.87. The summed E-state index contributed by atoms with van der Waals surface area (Å²) in [6, 6.07) is 8.60. The van der Waals surface area contributed by atoms with Gasteiger partial charge < -0.3 is 25.7 Å². The molecule has 4 heterocycles. The Bertz CT molecular complexity index is 1110. The van der Waals surface area contributed by atoms with E-state index < -0.39 is 0 Å². The van der Waals surface area contributed by atoms with Gasteiger partial charge in [-0.1, -0.05) is 31.9 Å². The summed E-state index contributed by atoms with van der Waals surface area (Å²) in [6.45, 7) is 9.45. The molecule has 0 bridgehead atoms. The van der Waals surface area contributed by atoms with Gasteiger partial charge in [0.1, 0.15) is 11.3 Å². The minimum absolute atomic E-state index is 0.297. The van der Waals surface area contributed by atoms with Gasteiger partial charge in [-0.25, -0.2) is 4.98 Å². The SMILES string of the molecule is CCCCCNc1nc(N)nc2ccn(Cc3ccc(CN4CC5(CNC5)C4)cc3OC)c12. The van der Waals surface area contributed by atoms with Crippen LogP contribution in [0.15, 0.2) is 30.5 Å². The van der Waals surface area contributed by atoms with Crippen molar-refractivity contribution in [3.63, 3.8) is 0 Å². The van der Waals surface area contributed by atoms with Crippen LogP contribution in [0.2, 0.25) is 0 Å². The van der Waals surface area contributed by atoms with Crippen LogP contribution in [0.3, 0.4) is 0 Å². The molecule has 2 aliphatic heterocycles. The lowest BCUT2D eigenvalue weighted by Crippen LogP contribution is -2.70. The van der Waals surface area contributed by atoms with Crippen LogP contribution in [-0.4, -0.2) is 59.3 Å². The molecule has 3 aromatic rings. The van der Waals surface area contributed by atoms with Gasteiger partial charge in [0, 0.05) is 56.4 Å². The van der Waals surface area contributed by atoms with Gasteiger partial charge in [-0.15, -0.1) is 0 Å². The Morgan fingerprint density at radius 3 is 2.73 bits per heavy atom. The number of nitrogen functional groups attached to an aromatic ring is 1. The summed E-state index contributed by atoms with van der Waals surface area (Å²) in [6.07, 6.45) is 5.53. The maximum atomic E-state index is 5.97. The number of anilines is 2. The molecule has 1 spiro atoms. The zero-order valence-corrected chi connectivity index (χ0v) is 19.7. The van der Waals surface area contributed by atoms with Crippen LogP contribution >= 0.6 is 0 Å². The van der Waals surface area contributed by atoms with Gasteiger partial charge >= 0.3 is 0 Å². The Balaban J connectivity index is 1.33. The van der Waals surface area contributed by atoms with E-state index in [9.17, 15) is 0 Å². The minimum atomic E-state index is 0.297. The molecule has 4 N–H and O–H groups in total. The molecular weight excluding hydrogens is 414 g/mol. The fraction of sp³-hybridized carbons (Fsp3) is 0.520. The summed E-state index contributed by atoms with van der Waals surface area (Å²) in [5, 5.41) is 6.87. The smallest absolute Gasteiger partial charge is 0.222 e. The lowest BCUT2D eigenvalue weighted by atomic mass is 9.74. The first kappa shape index (κ1) is 22.0. The second-order valence-corrected chi connectivity index (χ2v) is 9.64. The summed E-state index contributed by atoms with van der Waals surface area (Å²) in [5.74, 6) is 2.01. The number of likely N-dealkylation sites (tertiary alicyclic amines) is 1. The van der Waals surface area contributed by atoms with Crippen LogP contribution in [-0.2, 0) is 13.1 Å². The molecule has 8 nitrogen and oxygen atoms in total. The summed E-state index contributed by atoms with van der Waals surface area (Å²) in [7, 11) is 1.75. The summed E-state index contributed by atoms with van der Waals surface area (Å²) >= 11 is 0. The molecule has 2 fully saturated rings. The van der Waals surface area contributed by atoms with Crippen LogP contribution in [0.5, 0.6) is 5.75 Å². The van der Waals surface area contributed by atoms with Gasteiger partial charge in [0.2, 0.25) is 5.95 Å². The van der Waals surface area contributed by atoms with Crippen molar-refractivity contribution in [3.8, 4) is 5.75 Å². The van der Waals surface area contributed by atoms with Gasteiger partial charge in [-0.05, 0) is 24.1 Å². The molecule has 2 aliphatic rings. The second kappa shape index (κ2) is 9.19. The zero-order chi connectivity index (χ0) is 22.8. The number of methoxy groups -OCH3 is 1. The van der Waals surface area contributed by atoms with Gasteiger partial charge in [0.15, 0.2) is 5.82 Å². The van der Waals surface area contributed by atoms with Crippen molar-refractivity contribution in [2.75, 3.05) is 50.9 Å². The lowest BCUT2D eigenvalue weighted by Gasteiger charge is -2.56. The van der Waals surface area contributed by atoms with Crippen molar-refractivity contribution < 1.29 is 4.74 Å². The zero-order valence-electron chi connectivity index (χ0n) is 19.7.